The SMILES string of the molecule is CCOc1ccc(NC(=O)c2ccc(Cl)c(N=NC(C(C)=O)C(=O)Nc3ccc(NC(=O)C(N=Nc4cc(C(=O)Nc5ccc(OCC)cc5CCCl)ccc4Cl)C(C)=O)c(CCCl)c3)c2)c(CCCl)c1. The molecule has 0 aliphatic heterocycles. The van der Waals surface area contributed by atoms with Crippen LogP contribution in [0.2, 0.25) is 10.0 Å². The van der Waals surface area contributed by atoms with E-state index in [9.17, 15) is 28.8 Å². The fourth-order valence-electron chi connectivity index (χ4n) is 6.75. The number of nitrogens with zero attached hydrogens (tertiary/aromatic N) is 4. The Labute approximate surface area is 435 Å². The number of aryl methyl sites for hydroxylation is 3. The smallest absolute Gasteiger partial charge is 0.258 e. The molecule has 16 nitrogen and oxygen atoms in total. The number of azo groups is 2. The lowest BCUT2D eigenvalue weighted by Crippen LogP contribution is -2.32. The summed E-state index contributed by atoms with van der Waals surface area (Å²) >= 11 is 31.0. The van der Waals surface area contributed by atoms with Gasteiger partial charge in [-0.25, -0.2) is 0 Å². The van der Waals surface area contributed by atoms with Crippen molar-refractivity contribution in [3.8, 4) is 11.5 Å². The van der Waals surface area contributed by atoms with Gasteiger partial charge in [0.2, 0.25) is 12.1 Å². The van der Waals surface area contributed by atoms with E-state index in [1.807, 2.05) is 13.8 Å². The number of halogens is 5. The molecule has 0 fully saturated rings. The van der Waals surface area contributed by atoms with Gasteiger partial charge in [0.05, 0.1) is 23.3 Å². The summed E-state index contributed by atoms with van der Waals surface area (Å²) in [6.45, 7) is 6.99. The van der Waals surface area contributed by atoms with Crippen molar-refractivity contribution in [1.29, 1.82) is 0 Å². The van der Waals surface area contributed by atoms with Gasteiger partial charge in [-0.3, -0.25) is 28.8 Å². The first-order valence-corrected chi connectivity index (χ1v) is 24.4. The van der Waals surface area contributed by atoms with Gasteiger partial charge < -0.3 is 30.7 Å². The molecule has 5 aromatic carbocycles. The van der Waals surface area contributed by atoms with Gasteiger partial charge in [0.25, 0.3) is 23.6 Å². The Morgan fingerprint density at radius 3 is 1.31 bits per heavy atom. The van der Waals surface area contributed by atoms with Crippen molar-refractivity contribution in [2.24, 2.45) is 20.5 Å². The number of benzene rings is 5. The molecule has 0 radical (unpaired) electrons. The molecule has 2 unspecified atom stereocenters. The first kappa shape index (κ1) is 55.5. The van der Waals surface area contributed by atoms with E-state index in [4.69, 9.17) is 67.5 Å². The summed E-state index contributed by atoms with van der Waals surface area (Å²) in [6, 6.07) is 20.3. The van der Waals surface area contributed by atoms with E-state index in [0.717, 1.165) is 25.0 Å². The fourth-order valence-corrected chi connectivity index (χ4v) is 7.68. The number of hydrogen-bond donors (Lipinski definition) is 4. The Morgan fingerprint density at radius 2 is 0.901 bits per heavy atom. The highest BCUT2D eigenvalue weighted by Crippen LogP contribution is 2.31. The van der Waals surface area contributed by atoms with Crippen molar-refractivity contribution in [2.45, 2.75) is 59.0 Å². The maximum Gasteiger partial charge on any atom is 0.258 e. The minimum absolute atomic E-state index is 0.0228. The van der Waals surface area contributed by atoms with Crippen molar-refractivity contribution in [3.63, 3.8) is 0 Å². The molecule has 2 atom stereocenters. The Hall–Kier alpha value is -6.43. The molecule has 71 heavy (non-hydrogen) atoms. The second kappa shape index (κ2) is 27.2. The summed E-state index contributed by atoms with van der Waals surface area (Å²) in [7, 11) is 0. The number of rotatable bonds is 24. The molecule has 0 aliphatic carbocycles. The monoisotopic (exact) mass is 1060 g/mol. The lowest BCUT2D eigenvalue weighted by atomic mass is 10.1. The van der Waals surface area contributed by atoms with Crippen LogP contribution in [0.1, 0.15) is 65.1 Å². The van der Waals surface area contributed by atoms with Crippen molar-refractivity contribution >= 4 is 127 Å². The molecule has 0 aliphatic rings. The molecule has 0 aromatic heterocycles. The highest BCUT2D eigenvalue weighted by molar-refractivity contribution is 6.33. The van der Waals surface area contributed by atoms with Gasteiger partial charge in [-0.05, 0) is 155 Å². The van der Waals surface area contributed by atoms with Crippen molar-refractivity contribution in [3.05, 3.63) is 129 Å². The third-order valence-corrected chi connectivity index (χ3v) is 11.4. The summed E-state index contributed by atoms with van der Waals surface area (Å²) in [6.07, 6.45) is 1.15. The third kappa shape index (κ3) is 15.8. The number of anilines is 4. The zero-order chi connectivity index (χ0) is 51.6. The molecule has 0 bridgehead atoms. The Kier molecular flexibility index (Phi) is 21.3. The van der Waals surface area contributed by atoms with Gasteiger partial charge >= 0.3 is 0 Å². The van der Waals surface area contributed by atoms with Crippen LogP contribution in [0.5, 0.6) is 11.5 Å². The molecule has 372 valence electrons. The number of carbonyl (C=O) groups is 6. The molecule has 5 rings (SSSR count). The number of ketones is 2. The number of Topliss-reactive ketones (excluding diaryl/α,β-unsaturated/α-hetero) is 2. The molecule has 0 saturated heterocycles. The van der Waals surface area contributed by atoms with Crippen LogP contribution in [0.15, 0.2) is 111 Å². The average Bonchev–Trinajstić information content (AvgIpc) is 3.32. The fraction of sp³-hybridized carbons (Fsp3) is 0.280. The van der Waals surface area contributed by atoms with Gasteiger partial charge in [0.15, 0.2) is 11.6 Å². The lowest BCUT2D eigenvalue weighted by molar-refractivity contribution is -0.127. The van der Waals surface area contributed by atoms with Crippen LogP contribution in [0.3, 0.4) is 0 Å². The molecular formula is C50H49Cl5N8O8. The first-order valence-electron chi connectivity index (χ1n) is 22.1. The van der Waals surface area contributed by atoms with Crippen molar-refractivity contribution in [2.75, 3.05) is 52.1 Å². The Balaban J connectivity index is 1.28. The molecule has 5 aromatic rings. The summed E-state index contributed by atoms with van der Waals surface area (Å²) in [5.74, 6) is -1.95. The second-order valence-corrected chi connectivity index (χ2v) is 17.3. The second-order valence-electron chi connectivity index (χ2n) is 15.4. The highest BCUT2D eigenvalue weighted by Gasteiger charge is 2.26. The van der Waals surface area contributed by atoms with Gasteiger partial charge in [-0.2, -0.15) is 20.5 Å². The van der Waals surface area contributed by atoms with E-state index >= 15 is 0 Å². The van der Waals surface area contributed by atoms with E-state index in [1.54, 1.807) is 36.4 Å². The Bertz CT molecular complexity index is 2850. The van der Waals surface area contributed by atoms with Gasteiger partial charge in [-0.15, -0.1) is 34.8 Å². The van der Waals surface area contributed by atoms with E-state index in [0.29, 0.717) is 66.3 Å². The zero-order valence-electron chi connectivity index (χ0n) is 38.9. The standard InChI is InChI=1S/C50H49Cl5N8O8/c1-5-70-36-10-15-41(31(24-36)18-21-52)57-47(66)33-7-12-38(54)43(26-33)60-62-45(28(3)64)49(68)56-35-9-14-40(30(23-35)17-20-51)59-50(69)46(29(4)65)63-61-44-27-34(8-13-39(44)55)48(67)58-42-16-11-37(71-6-2)25-32(42)19-22-53/h7-16,23-27,45-46H,5-6,17-22H2,1-4H3,(H,56,68)(H,57,66)(H,58,67)(H,59,69). The van der Waals surface area contributed by atoms with Crippen LogP contribution in [-0.4, -0.2) is 78.1 Å². The van der Waals surface area contributed by atoms with Crippen molar-refractivity contribution in [1.82, 2.24) is 0 Å². The van der Waals surface area contributed by atoms with Gasteiger partial charge in [0.1, 0.15) is 22.9 Å². The predicted octanol–water partition coefficient (Wildman–Crippen LogP) is 12.0. The highest BCUT2D eigenvalue weighted by atomic mass is 35.5. The third-order valence-electron chi connectivity index (χ3n) is 10.2. The number of nitrogens with one attached hydrogen (secondary N) is 4. The Morgan fingerprint density at radius 1 is 0.507 bits per heavy atom. The van der Waals surface area contributed by atoms with Crippen LogP contribution >= 0.6 is 58.0 Å². The molecule has 0 spiro atoms. The number of carbonyl (C=O) groups excluding carboxylic acids is 6. The van der Waals surface area contributed by atoms with E-state index in [-0.39, 0.29) is 56.2 Å². The van der Waals surface area contributed by atoms with Crippen LogP contribution < -0.4 is 30.7 Å². The summed E-state index contributed by atoms with van der Waals surface area (Å²) in [5, 5.41) is 27.4. The molecular weight excluding hydrogens is 1020 g/mol. The summed E-state index contributed by atoms with van der Waals surface area (Å²) < 4.78 is 11.2. The minimum atomic E-state index is -1.63. The number of hydrogen-bond acceptors (Lipinski definition) is 12. The van der Waals surface area contributed by atoms with Crippen LogP contribution in [-0.2, 0) is 38.4 Å². The molecule has 0 saturated carbocycles. The van der Waals surface area contributed by atoms with E-state index in [1.165, 1.54) is 54.6 Å². The molecule has 21 heteroatoms. The number of amides is 4. The van der Waals surface area contributed by atoms with E-state index < -0.39 is 47.3 Å². The average molecular weight is 1070 g/mol. The van der Waals surface area contributed by atoms with Crippen molar-refractivity contribution < 1.29 is 38.2 Å². The summed E-state index contributed by atoms with van der Waals surface area (Å²) in [4.78, 5) is 79.3. The van der Waals surface area contributed by atoms with Crippen LogP contribution in [0.4, 0.5) is 34.1 Å². The van der Waals surface area contributed by atoms with Crippen LogP contribution in [0, 0.1) is 0 Å². The molecule has 0 heterocycles. The maximum absolute atomic E-state index is 13.6. The predicted molar refractivity (Wildman–Crippen MR) is 279 cm³/mol. The molecule has 4 N–H and O–H groups in total. The van der Waals surface area contributed by atoms with Crippen LogP contribution in [0.25, 0.3) is 0 Å². The van der Waals surface area contributed by atoms with E-state index in [2.05, 4.69) is 41.7 Å². The largest absolute Gasteiger partial charge is 0.494 e. The first-order chi connectivity index (χ1) is 34.1. The minimum Gasteiger partial charge on any atom is -0.494 e. The van der Waals surface area contributed by atoms with Gasteiger partial charge in [0, 0.05) is 51.5 Å². The normalized spacial score (nSPS) is 12.0. The number of alkyl halides is 3. The van der Waals surface area contributed by atoms with Gasteiger partial charge in [-0.1, -0.05) is 23.2 Å². The maximum atomic E-state index is 13.6. The summed E-state index contributed by atoms with van der Waals surface area (Å²) in [5.41, 5.74) is 3.91. The molecule has 4 amide bonds. The number of ether oxygens (including phenoxy) is 2. The topological polar surface area (TPSA) is 218 Å². The lowest BCUT2D eigenvalue weighted by Gasteiger charge is -2.16. The zero-order valence-corrected chi connectivity index (χ0v) is 42.7. The quantitative estimate of drug-likeness (QED) is 0.0264.